The lowest BCUT2D eigenvalue weighted by molar-refractivity contribution is -0.145. The highest BCUT2D eigenvalue weighted by Crippen LogP contribution is 2.45. The van der Waals surface area contributed by atoms with Crippen LogP contribution in [0, 0.1) is 5.41 Å². The fourth-order valence-electron chi connectivity index (χ4n) is 6.13. The van der Waals surface area contributed by atoms with Crippen LogP contribution in [0.3, 0.4) is 0 Å². The van der Waals surface area contributed by atoms with E-state index in [9.17, 15) is 18.0 Å². The molecule has 15 heteroatoms. The molecule has 1 aliphatic carbocycles. The van der Waals surface area contributed by atoms with Gasteiger partial charge in [-0.15, -0.1) is 0 Å². The summed E-state index contributed by atoms with van der Waals surface area (Å²) in [6, 6.07) is 3.54. The minimum absolute atomic E-state index is 0.00370. The van der Waals surface area contributed by atoms with Crippen LogP contribution in [0.25, 0.3) is 22.3 Å². The van der Waals surface area contributed by atoms with Crippen molar-refractivity contribution in [1.82, 2.24) is 44.5 Å². The van der Waals surface area contributed by atoms with E-state index in [1.54, 1.807) is 24.9 Å². The second-order valence-electron chi connectivity index (χ2n) is 12.2. The number of piperazine rings is 1. The Labute approximate surface area is 251 Å². The lowest BCUT2D eigenvalue weighted by atomic mass is 9.64. The summed E-state index contributed by atoms with van der Waals surface area (Å²) in [7, 11) is 1.38. The first-order chi connectivity index (χ1) is 20.9. The van der Waals surface area contributed by atoms with E-state index in [1.165, 1.54) is 19.5 Å². The Kier molecular flexibility index (Phi) is 7.66. The second kappa shape index (κ2) is 11.2. The Morgan fingerprint density at radius 1 is 1.16 bits per heavy atom. The summed E-state index contributed by atoms with van der Waals surface area (Å²) >= 11 is 0. The number of hydrogen-bond acceptors (Lipinski definition) is 9. The van der Waals surface area contributed by atoms with Gasteiger partial charge in [0.25, 0.3) is 5.91 Å². The largest absolute Gasteiger partial charge is 0.451 e. The molecule has 4 aromatic heterocycles. The van der Waals surface area contributed by atoms with Gasteiger partial charge < -0.3 is 20.4 Å². The fourth-order valence-corrected chi connectivity index (χ4v) is 6.13. The third-order valence-electron chi connectivity index (χ3n) is 8.97. The van der Waals surface area contributed by atoms with Gasteiger partial charge in [-0.2, -0.15) is 18.3 Å². The predicted molar refractivity (Wildman–Crippen MR) is 154 cm³/mol. The molecule has 0 bridgehead atoms. The summed E-state index contributed by atoms with van der Waals surface area (Å²) in [5, 5.41) is 5.52. The molecule has 234 valence electrons. The number of carbonyl (C=O) groups is 1. The van der Waals surface area contributed by atoms with Crippen molar-refractivity contribution in [2.24, 2.45) is 11.1 Å². The molecule has 0 aromatic carbocycles. The zero-order valence-electron chi connectivity index (χ0n) is 24.8. The molecular weight excluding hydrogens is 577 g/mol. The van der Waals surface area contributed by atoms with E-state index >= 15 is 0 Å². The van der Waals surface area contributed by atoms with Crippen molar-refractivity contribution < 1.29 is 22.7 Å². The topological polar surface area (TPSA) is 144 Å². The number of carbonyl (C=O) groups excluding carboxylic acids is 1. The van der Waals surface area contributed by atoms with Gasteiger partial charge in [0.2, 0.25) is 5.82 Å². The van der Waals surface area contributed by atoms with Crippen LogP contribution < -0.4 is 5.73 Å². The number of nitrogens with one attached hydrogen (secondary N) is 1. The zero-order valence-corrected chi connectivity index (χ0v) is 24.8. The minimum atomic E-state index is -4.80. The number of nitrogens with two attached hydrogens (primary N) is 1. The normalized spacial score (nSPS) is 21.5. The van der Waals surface area contributed by atoms with Gasteiger partial charge in [0, 0.05) is 74.6 Å². The number of H-pyrrole nitrogens is 1. The Hall–Kier alpha value is -3.95. The quantitative estimate of drug-likeness (QED) is 0.307. The standard InChI is InChI=1S/C29H35F3N10O2/c1-27(2,44-3)22-10-21(38-26(39-22)29(30,31)32)25(43)41-8-6-40(7-9-41)19-11-28(12-19,15-33)16-42-14-18(13-37-42)23-20-4-5-34-24(20)36-17-35-23/h4-5,10,13-14,17,19H,6-9,11-12,15-16,33H2,1-3H3,(H,34,35,36). The molecule has 1 saturated carbocycles. The molecule has 4 aromatic rings. The smallest absolute Gasteiger partial charge is 0.373 e. The van der Waals surface area contributed by atoms with Crippen LogP contribution in [0.4, 0.5) is 13.2 Å². The molecule has 0 unspecified atom stereocenters. The molecule has 0 spiro atoms. The fraction of sp³-hybridized carbons (Fsp3) is 0.517. The summed E-state index contributed by atoms with van der Waals surface area (Å²) in [4.78, 5) is 36.2. The van der Waals surface area contributed by atoms with Gasteiger partial charge >= 0.3 is 6.18 Å². The van der Waals surface area contributed by atoms with E-state index in [-0.39, 0.29) is 16.8 Å². The van der Waals surface area contributed by atoms with Crippen molar-refractivity contribution in [3.05, 3.63) is 54.3 Å². The molecule has 5 heterocycles. The molecule has 1 saturated heterocycles. The van der Waals surface area contributed by atoms with Crippen LogP contribution in [-0.4, -0.2) is 96.3 Å². The average Bonchev–Trinajstić information content (AvgIpc) is 3.67. The minimum Gasteiger partial charge on any atom is -0.373 e. The first-order valence-electron chi connectivity index (χ1n) is 14.5. The molecule has 0 atom stereocenters. The van der Waals surface area contributed by atoms with E-state index in [0.717, 1.165) is 35.1 Å². The molecule has 1 aliphatic heterocycles. The summed E-state index contributed by atoms with van der Waals surface area (Å²) in [5.41, 5.74) is 7.25. The Bertz CT molecular complexity index is 1650. The van der Waals surface area contributed by atoms with Gasteiger partial charge in [-0.1, -0.05) is 0 Å². The Morgan fingerprint density at radius 2 is 1.91 bits per heavy atom. The Balaban J connectivity index is 1.07. The van der Waals surface area contributed by atoms with Crippen LogP contribution in [-0.2, 0) is 23.1 Å². The first kappa shape index (κ1) is 30.1. The number of hydrogen-bond donors (Lipinski definition) is 2. The third kappa shape index (κ3) is 5.66. The van der Waals surface area contributed by atoms with Gasteiger partial charge in [0.05, 0.1) is 17.6 Å². The van der Waals surface area contributed by atoms with Crippen LogP contribution in [0.15, 0.2) is 37.1 Å². The van der Waals surface area contributed by atoms with Gasteiger partial charge in [-0.05, 0) is 45.4 Å². The van der Waals surface area contributed by atoms with E-state index < -0.39 is 23.5 Å². The highest BCUT2D eigenvalue weighted by Gasteiger charge is 2.47. The van der Waals surface area contributed by atoms with Crippen molar-refractivity contribution in [2.75, 3.05) is 39.8 Å². The van der Waals surface area contributed by atoms with E-state index in [0.29, 0.717) is 45.3 Å². The summed E-state index contributed by atoms with van der Waals surface area (Å²) < 4.78 is 47.9. The van der Waals surface area contributed by atoms with Crippen molar-refractivity contribution >= 4 is 16.9 Å². The number of aromatic nitrogens is 7. The number of rotatable bonds is 8. The highest BCUT2D eigenvalue weighted by molar-refractivity contribution is 5.92. The van der Waals surface area contributed by atoms with Crippen LogP contribution >= 0.6 is 0 Å². The maximum Gasteiger partial charge on any atom is 0.451 e. The molecule has 6 rings (SSSR count). The van der Waals surface area contributed by atoms with Gasteiger partial charge in [-0.25, -0.2) is 19.9 Å². The highest BCUT2D eigenvalue weighted by atomic mass is 19.4. The molecular formula is C29H35F3N10O2. The summed E-state index contributed by atoms with van der Waals surface area (Å²) in [5.74, 6) is -1.90. The number of alkyl halides is 3. The van der Waals surface area contributed by atoms with Gasteiger partial charge in [0.1, 0.15) is 23.3 Å². The first-order valence-corrected chi connectivity index (χ1v) is 14.5. The SMILES string of the molecule is COC(C)(C)c1cc(C(=O)N2CCN(C3CC(CN)(Cn4cc(-c5ncnc6[nH]ccc56)cn4)C3)CC2)nc(C(F)(F)F)n1. The summed E-state index contributed by atoms with van der Waals surface area (Å²) in [6.45, 7) is 6.35. The lowest BCUT2D eigenvalue weighted by Gasteiger charge is -2.53. The van der Waals surface area contributed by atoms with Crippen molar-refractivity contribution in [3.63, 3.8) is 0 Å². The van der Waals surface area contributed by atoms with Crippen LogP contribution in [0.2, 0.25) is 0 Å². The molecule has 3 N–H and O–H groups in total. The van der Waals surface area contributed by atoms with Gasteiger partial charge in [0.15, 0.2) is 0 Å². The molecule has 44 heavy (non-hydrogen) atoms. The molecule has 2 fully saturated rings. The van der Waals surface area contributed by atoms with E-state index in [2.05, 4.69) is 34.9 Å². The van der Waals surface area contributed by atoms with E-state index in [1.807, 2.05) is 23.1 Å². The molecule has 1 amide bonds. The van der Waals surface area contributed by atoms with Crippen LogP contribution in [0.5, 0.6) is 0 Å². The number of amides is 1. The lowest BCUT2D eigenvalue weighted by Crippen LogP contribution is -2.60. The summed E-state index contributed by atoms with van der Waals surface area (Å²) in [6.07, 6.45) is 4.14. The molecule has 12 nitrogen and oxygen atoms in total. The number of halogens is 3. The molecule has 2 aliphatic rings. The number of fused-ring (bicyclic) bond motifs is 1. The number of nitrogens with zero attached hydrogens (tertiary/aromatic N) is 8. The van der Waals surface area contributed by atoms with Crippen molar-refractivity contribution in [2.45, 2.75) is 51.1 Å². The van der Waals surface area contributed by atoms with E-state index in [4.69, 9.17) is 10.5 Å². The van der Waals surface area contributed by atoms with Crippen LogP contribution in [0.1, 0.15) is 48.7 Å². The van der Waals surface area contributed by atoms with Crippen molar-refractivity contribution in [3.8, 4) is 11.3 Å². The number of ether oxygens (including phenoxy) is 1. The monoisotopic (exact) mass is 612 g/mol. The average molecular weight is 613 g/mol. The predicted octanol–water partition coefficient (Wildman–Crippen LogP) is 3.08. The maximum atomic E-state index is 13.6. The number of aromatic amines is 1. The van der Waals surface area contributed by atoms with Gasteiger partial charge in [-0.3, -0.25) is 14.4 Å². The number of methoxy groups -OCH3 is 1. The second-order valence-corrected chi connectivity index (χ2v) is 12.2. The molecule has 0 radical (unpaired) electrons. The van der Waals surface area contributed by atoms with Crippen molar-refractivity contribution in [1.29, 1.82) is 0 Å². The maximum absolute atomic E-state index is 13.6. The third-order valence-corrected chi connectivity index (χ3v) is 8.97. The zero-order chi connectivity index (χ0) is 31.3. The Morgan fingerprint density at radius 3 is 2.59 bits per heavy atom.